The maximum atomic E-state index is 14.1. The Labute approximate surface area is 347 Å². The van der Waals surface area contributed by atoms with Gasteiger partial charge in [0.25, 0.3) is 5.91 Å². The number of rotatable bonds is 26. The molecule has 0 aliphatic carbocycles. The molecule has 0 aromatic carbocycles. The predicted octanol–water partition coefficient (Wildman–Crippen LogP) is -2.35. The molecule has 0 bridgehead atoms. The summed E-state index contributed by atoms with van der Waals surface area (Å²) in [5.74, 6) is -12.1. The summed E-state index contributed by atoms with van der Waals surface area (Å²) in [6, 6.07) is -8.38. The minimum absolute atomic E-state index is 0.0105. The molecule has 60 heavy (non-hydrogen) atoms. The Morgan fingerprint density at radius 2 is 1.28 bits per heavy atom. The lowest BCUT2D eigenvalue weighted by atomic mass is 9.98. The number of aliphatic hydroxyl groups excluding tert-OH is 1. The van der Waals surface area contributed by atoms with Crippen LogP contribution in [0.3, 0.4) is 0 Å². The summed E-state index contributed by atoms with van der Waals surface area (Å²) in [7, 11) is 0. The molecule has 1 heterocycles. The van der Waals surface area contributed by atoms with Gasteiger partial charge in [-0.05, 0) is 31.1 Å². The molecule has 22 heteroatoms. The van der Waals surface area contributed by atoms with Crippen molar-refractivity contribution in [1.29, 1.82) is 0 Å². The molecule has 0 saturated carbocycles. The van der Waals surface area contributed by atoms with Gasteiger partial charge in [0, 0.05) is 32.7 Å². The van der Waals surface area contributed by atoms with E-state index in [0.29, 0.717) is 6.42 Å². The molecule has 22 nitrogen and oxygen atoms in total. The number of nitrogens with zero attached hydrogens (tertiary/aromatic N) is 1. The zero-order valence-corrected chi connectivity index (χ0v) is 34.7. The Balaban J connectivity index is 3.25. The van der Waals surface area contributed by atoms with Crippen molar-refractivity contribution >= 4 is 65.0 Å². The van der Waals surface area contributed by atoms with Crippen LogP contribution in [0.1, 0.15) is 86.5 Å². The van der Waals surface area contributed by atoms with Crippen molar-refractivity contribution < 1.29 is 72.8 Å². The van der Waals surface area contributed by atoms with Crippen LogP contribution in [0.4, 0.5) is 0 Å². The van der Waals surface area contributed by atoms with Crippen LogP contribution in [0.2, 0.25) is 0 Å². The highest BCUT2D eigenvalue weighted by Gasteiger charge is 2.44. The molecule has 9 N–H and O–H groups in total. The number of esters is 1. The van der Waals surface area contributed by atoms with Crippen LogP contribution in [0, 0.1) is 11.8 Å². The summed E-state index contributed by atoms with van der Waals surface area (Å²) < 4.78 is 4.76. The minimum Gasteiger partial charge on any atom is -0.481 e. The number of amides is 7. The van der Waals surface area contributed by atoms with Crippen LogP contribution >= 0.6 is 0 Å². The van der Waals surface area contributed by atoms with Crippen LogP contribution in [0.5, 0.6) is 0 Å². The standard InChI is InChI=1S/C38H59N7O15/c1-8-10-23(32(53)37(58)39-17-29(52)60-15-9-2)41-35(56)26-16-22(47)18-45(26)38(59)31(20(5)6)44-36(57)30(19(3)4)43-34(55)25(12-14-28(50)51)42-33(54)24(40-21(7)46)11-13-27(48)49/h9,19-20,22-26,30-31,47H,2,8,10-18H2,1,3-7H3,(H,39,58)(H,40,46)(H,41,56)(H,42,54)(H,43,55)(H,44,57)(H,48,49)(H,50,51)/t22-,23?,24+,25+,26+,30+,31+/m1/s1. The van der Waals surface area contributed by atoms with Crippen LogP contribution in [0.15, 0.2) is 12.7 Å². The number of nitrogens with one attached hydrogen (secondary N) is 6. The van der Waals surface area contributed by atoms with Crippen LogP contribution in [-0.2, 0) is 57.5 Å². The first kappa shape index (κ1) is 52.1. The number of aliphatic carboxylic acids is 2. The molecule has 1 aliphatic rings. The number of likely N-dealkylation sites (tertiary alicyclic amines) is 1. The number of ketones is 1. The largest absolute Gasteiger partial charge is 0.481 e. The van der Waals surface area contributed by atoms with Gasteiger partial charge in [0.15, 0.2) is 0 Å². The van der Waals surface area contributed by atoms with Crippen molar-refractivity contribution in [2.24, 2.45) is 11.8 Å². The van der Waals surface area contributed by atoms with Gasteiger partial charge in [-0.1, -0.05) is 53.7 Å². The number of hydrogen-bond donors (Lipinski definition) is 9. The van der Waals surface area contributed by atoms with Crippen LogP contribution < -0.4 is 31.9 Å². The van der Waals surface area contributed by atoms with Crippen LogP contribution in [-0.4, -0.2) is 147 Å². The average molecular weight is 854 g/mol. The van der Waals surface area contributed by atoms with Crippen molar-refractivity contribution in [3.8, 4) is 0 Å². The molecule has 1 fully saturated rings. The lowest BCUT2D eigenvalue weighted by Gasteiger charge is -2.32. The first-order chi connectivity index (χ1) is 28.0. The molecule has 0 aromatic heterocycles. The Kier molecular flexibility index (Phi) is 22.2. The Morgan fingerprint density at radius 3 is 1.78 bits per heavy atom. The molecule has 7 atom stereocenters. The molecular weight excluding hydrogens is 794 g/mol. The third-order valence-electron chi connectivity index (χ3n) is 9.15. The number of β-amino-alcohol motifs (C(OH)–C–C–N with tert-alkyl or cyclic N) is 1. The van der Waals surface area contributed by atoms with Crippen LogP contribution in [0.25, 0.3) is 0 Å². The topological polar surface area (TPSA) is 333 Å². The summed E-state index contributed by atoms with van der Waals surface area (Å²) in [5, 5.41) is 43.2. The normalized spacial score (nSPS) is 17.2. The number of carboxylic acid groups (broad SMARTS) is 2. The van der Waals surface area contributed by atoms with Gasteiger partial charge in [-0.2, -0.15) is 0 Å². The second-order valence-electron chi connectivity index (χ2n) is 14.9. The molecule has 1 unspecified atom stereocenters. The number of Topliss-reactive ketones (excluding diaryl/α,β-unsaturated/α-hetero) is 1. The van der Waals surface area contributed by atoms with Gasteiger partial charge in [0.05, 0.1) is 12.1 Å². The number of aliphatic hydroxyl groups is 1. The third kappa shape index (κ3) is 17.5. The average Bonchev–Trinajstić information content (AvgIpc) is 3.57. The van der Waals surface area contributed by atoms with Crippen molar-refractivity contribution in [3.05, 3.63) is 12.7 Å². The molecule has 0 aromatic rings. The van der Waals surface area contributed by atoms with E-state index < -0.39 is 145 Å². The van der Waals surface area contributed by atoms with E-state index in [1.54, 1.807) is 34.6 Å². The smallest absolute Gasteiger partial charge is 0.325 e. The Morgan fingerprint density at radius 1 is 0.750 bits per heavy atom. The maximum absolute atomic E-state index is 14.1. The molecular formula is C38H59N7O15. The quantitative estimate of drug-likeness (QED) is 0.0250. The number of ether oxygens (including phenoxy) is 1. The molecule has 0 radical (unpaired) electrons. The fourth-order valence-electron chi connectivity index (χ4n) is 6.05. The maximum Gasteiger partial charge on any atom is 0.325 e. The van der Waals surface area contributed by atoms with Gasteiger partial charge in [0.2, 0.25) is 41.2 Å². The molecule has 0 spiro atoms. The Bertz CT molecular complexity index is 1620. The van der Waals surface area contributed by atoms with E-state index >= 15 is 0 Å². The highest BCUT2D eigenvalue weighted by atomic mass is 16.5. The highest BCUT2D eigenvalue weighted by molar-refractivity contribution is 6.38. The highest BCUT2D eigenvalue weighted by Crippen LogP contribution is 2.22. The number of hydrogen-bond acceptors (Lipinski definition) is 13. The first-order valence-corrected chi connectivity index (χ1v) is 19.5. The fraction of sp³-hybridized carbons (Fsp3) is 0.658. The van der Waals surface area contributed by atoms with E-state index in [4.69, 9.17) is 9.84 Å². The molecule has 1 saturated heterocycles. The van der Waals surface area contributed by atoms with Gasteiger partial charge in [-0.25, -0.2) is 0 Å². The molecule has 336 valence electrons. The number of carbonyl (C=O) groups excluding carboxylic acids is 9. The third-order valence-corrected chi connectivity index (χ3v) is 9.15. The number of carboxylic acids is 2. The van der Waals surface area contributed by atoms with Crippen molar-refractivity contribution in [1.82, 2.24) is 36.8 Å². The molecule has 7 amide bonds. The first-order valence-electron chi connectivity index (χ1n) is 19.5. The Hall–Kier alpha value is -5.93. The monoisotopic (exact) mass is 853 g/mol. The minimum atomic E-state index is -1.56. The van der Waals surface area contributed by atoms with Gasteiger partial charge < -0.3 is 56.9 Å². The van der Waals surface area contributed by atoms with E-state index in [2.05, 4.69) is 38.5 Å². The zero-order valence-electron chi connectivity index (χ0n) is 34.7. The summed E-state index contributed by atoms with van der Waals surface area (Å²) in [6.07, 6.45) is -1.71. The zero-order chi connectivity index (χ0) is 45.9. The summed E-state index contributed by atoms with van der Waals surface area (Å²) in [5.41, 5.74) is 0. The van der Waals surface area contributed by atoms with Gasteiger partial charge in [0.1, 0.15) is 43.4 Å². The summed E-state index contributed by atoms with van der Waals surface area (Å²) in [6.45, 7) is 11.4. The second kappa shape index (κ2) is 25.5. The van der Waals surface area contributed by atoms with E-state index in [0.717, 1.165) is 11.8 Å². The van der Waals surface area contributed by atoms with E-state index in [1.807, 2.05) is 0 Å². The van der Waals surface area contributed by atoms with Gasteiger partial charge in [-0.3, -0.25) is 52.7 Å². The number of carbonyl (C=O) groups is 11. The summed E-state index contributed by atoms with van der Waals surface area (Å²) >= 11 is 0. The van der Waals surface area contributed by atoms with Gasteiger partial charge in [-0.15, -0.1) is 0 Å². The van der Waals surface area contributed by atoms with Crippen molar-refractivity contribution in [2.45, 2.75) is 129 Å². The molecule has 1 aliphatic heterocycles. The van der Waals surface area contributed by atoms with Crippen molar-refractivity contribution in [3.63, 3.8) is 0 Å². The second-order valence-corrected chi connectivity index (χ2v) is 14.9. The predicted molar refractivity (Wildman–Crippen MR) is 209 cm³/mol. The SMILES string of the molecule is C=CCOC(=O)CNC(=O)C(=O)C(CCC)NC(=O)[C@@H]1C[C@@H](O)CN1C(=O)[C@@H](NC(=O)[C@@H](NC(=O)[C@H](CCC(=O)O)NC(=O)[C@H](CCC(=O)O)NC(C)=O)C(C)C)C(C)C. The van der Waals surface area contributed by atoms with E-state index in [1.165, 1.54) is 6.08 Å². The molecule has 1 rings (SSSR count). The van der Waals surface area contributed by atoms with Gasteiger partial charge >= 0.3 is 17.9 Å². The van der Waals surface area contributed by atoms with E-state index in [-0.39, 0.29) is 32.4 Å². The van der Waals surface area contributed by atoms with Crippen molar-refractivity contribution in [2.75, 3.05) is 19.7 Å². The lowest BCUT2D eigenvalue weighted by molar-refractivity contribution is -0.146. The lowest BCUT2D eigenvalue weighted by Crippen LogP contribution is -2.61. The summed E-state index contributed by atoms with van der Waals surface area (Å²) in [4.78, 5) is 141. The van der Waals surface area contributed by atoms with E-state index in [9.17, 15) is 63.0 Å². The fourth-order valence-corrected chi connectivity index (χ4v) is 6.05.